The Bertz CT molecular complexity index is 463. The van der Waals surface area contributed by atoms with Crippen molar-refractivity contribution in [3.8, 4) is 0 Å². The van der Waals surface area contributed by atoms with Crippen LogP contribution in [-0.2, 0) is 4.79 Å². The van der Waals surface area contributed by atoms with Crippen LogP contribution in [0.1, 0.15) is 16.8 Å². The van der Waals surface area contributed by atoms with Crippen molar-refractivity contribution in [2.45, 2.75) is 6.42 Å². The van der Waals surface area contributed by atoms with E-state index in [9.17, 15) is 9.59 Å². The third kappa shape index (κ3) is 4.64. The van der Waals surface area contributed by atoms with Crippen LogP contribution in [0.25, 0.3) is 0 Å². The SMILES string of the molecule is CN(CCC(=O)O)CC(=O)c1ccc(Cl)cc1Cl. The summed E-state index contributed by atoms with van der Waals surface area (Å²) in [6, 6.07) is 4.67. The van der Waals surface area contributed by atoms with E-state index in [0.29, 0.717) is 22.2 Å². The topological polar surface area (TPSA) is 57.6 Å². The number of ketones is 1. The minimum absolute atomic E-state index is 0.00186. The van der Waals surface area contributed by atoms with Crippen LogP contribution in [0.4, 0.5) is 0 Å². The average Bonchev–Trinajstić information content (AvgIpc) is 2.26. The summed E-state index contributed by atoms with van der Waals surface area (Å²) in [5.41, 5.74) is 0.392. The molecule has 0 saturated carbocycles. The standard InChI is InChI=1S/C12H13Cl2NO3/c1-15(5-4-12(17)18)7-11(16)9-3-2-8(13)6-10(9)14/h2-3,6H,4-5,7H2,1H3,(H,17,18). The maximum Gasteiger partial charge on any atom is 0.304 e. The van der Waals surface area contributed by atoms with Gasteiger partial charge >= 0.3 is 5.97 Å². The molecule has 0 aromatic heterocycles. The Balaban J connectivity index is 2.62. The summed E-state index contributed by atoms with van der Waals surface area (Å²) in [6.07, 6.45) is -0.00186. The van der Waals surface area contributed by atoms with Gasteiger partial charge in [0.05, 0.1) is 18.0 Å². The van der Waals surface area contributed by atoms with Gasteiger partial charge in [-0.3, -0.25) is 14.5 Å². The molecule has 1 aromatic rings. The first-order chi connectivity index (χ1) is 8.40. The fourth-order valence-electron chi connectivity index (χ4n) is 1.41. The molecule has 0 amide bonds. The molecule has 0 fully saturated rings. The van der Waals surface area contributed by atoms with Gasteiger partial charge in [-0.2, -0.15) is 0 Å². The minimum atomic E-state index is -0.890. The first-order valence-corrected chi connectivity index (χ1v) is 6.04. The van der Waals surface area contributed by atoms with Crippen LogP contribution in [0.3, 0.4) is 0 Å². The molecule has 18 heavy (non-hydrogen) atoms. The van der Waals surface area contributed by atoms with Gasteiger partial charge < -0.3 is 5.11 Å². The summed E-state index contributed by atoms with van der Waals surface area (Å²) in [5, 5.41) is 9.31. The second-order valence-corrected chi connectivity index (χ2v) is 4.77. The zero-order valence-electron chi connectivity index (χ0n) is 9.82. The predicted molar refractivity (Wildman–Crippen MR) is 70.5 cm³/mol. The molecule has 0 aliphatic rings. The Hall–Kier alpha value is -1.10. The maximum absolute atomic E-state index is 11.9. The number of likely N-dealkylation sites (N-methyl/N-ethyl adjacent to an activating group) is 1. The number of carboxylic acids is 1. The summed E-state index contributed by atoms with van der Waals surface area (Å²) < 4.78 is 0. The molecule has 4 nitrogen and oxygen atoms in total. The molecule has 1 N–H and O–H groups in total. The largest absolute Gasteiger partial charge is 0.481 e. The first kappa shape index (κ1) is 15.0. The van der Waals surface area contributed by atoms with Gasteiger partial charge in [0.15, 0.2) is 5.78 Å². The fourth-order valence-corrected chi connectivity index (χ4v) is 1.93. The Kier molecular flexibility index (Phi) is 5.59. The van der Waals surface area contributed by atoms with E-state index in [1.165, 1.54) is 6.07 Å². The maximum atomic E-state index is 11.9. The molecule has 0 saturated heterocycles. The zero-order chi connectivity index (χ0) is 13.7. The molecule has 0 unspecified atom stereocenters. The molecular formula is C12H13Cl2NO3. The van der Waals surface area contributed by atoms with Crippen molar-refractivity contribution in [2.24, 2.45) is 0 Å². The van der Waals surface area contributed by atoms with Gasteiger partial charge in [-0.05, 0) is 25.2 Å². The van der Waals surface area contributed by atoms with Gasteiger partial charge in [-0.25, -0.2) is 0 Å². The molecule has 6 heteroatoms. The van der Waals surface area contributed by atoms with Gasteiger partial charge in [-0.1, -0.05) is 23.2 Å². The number of carboxylic acid groups (broad SMARTS) is 1. The van der Waals surface area contributed by atoms with Gasteiger partial charge in [0.1, 0.15) is 0 Å². The highest BCUT2D eigenvalue weighted by atomic mass is 35.5. The molecule has 1 aromatic carbocycles. The highest BCUT2D eigenvalue weighted by Crippen LogP contribution is 2.21. The van der Waals surface area contributed by atoms with Crippen molar-refractivity contribution < 1.29 is 14.7 Å². The Morgan fingerprint density at radius 3 is 2.56 bits per heavy atom. The number of carbonyl (C=O) groups is 2. The van der Waals surface area contributed by atoms with Crippen molar-refractivity contribution in [1.29, 1.82) is 0 Å². The Morgan fingerprint density at radius 1 is 1.33 bits per heavy atom. The van der Waals surface area contributed by atoms with E-state index in [-0.39, 0.29) is 18.7 Å². The van der Waals surface area contributed by atoms with Crippen LogP contribution >= 0.6 is 23.2 Å². The highest BCUT2D eigenvalue weighted by Gasteiger charge is 2.13. The smallest absolute Gasteiger partial charge is 0.304 e. The number of rotatable bonds is 6. The van der Waals surface area contributed by atoms with E-state index >= 15 is 0 Å². The number of halogens is 2. The summed E-state index contributed by atoms with van der Waals surface area (Å²) in [5.74, 6) is -1.05. The first-order valence-electron chi connectivity index (χ1n) is 5.28. The summed E-state index contributed by atoms with van der Waals surface area (Å²) in [4.78, 5) is 24.0. The van der Waals surface area contributed by atoms with Gasteiger partial charge in [0.25, 0.3) is 0 Å². The molecule has 0 radical (unpaired) electrons. The van der Waals surface area contributed by atoms with Crippen LogP contribution in [0.5, 0.6) is 0 Å². The van der Waals surface area contributed by atoms with Crippen molar-refractivity contribution in [1.82, 2.24) is 4.90 Å². The van der Waals surface area contributed by atoms with E-state index in [1.807, 2.05) is 0 Å². The Morgan fingerprint density at radius 2 is 2.00 bits per heavy atom. The molecule has 0 spiro atoms. The van der Waals surface area contributed by atoms with Crippen LogP contribution in [-0.4, -0.2) is 41.9 Å². The van der Waals surface area contributed by atoms with Gasteiger partial charge in [0.2, 0.25) is 0 Å². The second-order valence-electron chi connectivity index (χ2n) is 3.93. The van der Waals surface area contributed by atoms with E-state index in [2.05, 4.69) is 0 Å². The minimum Gasteiger partial charge on any atom is -0.481 e. The third-order valence-electron chi connectivity index (χ3n) is 2.35. The lowest BCUT2D eigenvalue weighted by molar-refractivity contribution is -0.137. The second kappa shape index (κ2) is 6.73. The molecule has 0 bridgehead atoms. The molecule has 0 aliphatic carbocycles. The number of hydrogen-bond donors (Lipinski definition) is 1. The van der Waals surface area contributed by atoms with Gasteiger partial charge in [0, 0.05) is 17.1 Å². The van der Waals surface area contributed by atoms with E-state index in [1.54, 1.807) is 24.1 Å². The summed E-state index contributed by atoms with van der Waals surface area (Å²) in [7, 11) is 1.69. The number of benzene rings is 1. The normalized spacial score (nSPS) is 10.7. The van der Waals surface area contributed by atoms with E-state index in [4.69, 9.17) is 28.3 Å². The molecule has 0 atom stereocenters. The fraction of sp³-hybridized carbons (Fsp3) is 0.333. The lowest BCUT2D eigenvalue weighted by Gasteiger charge is -2.14. The molecule has 1 rings (SSSR count). The molecule has 98 valence electrons. The van der Waals surface area contributed by atoms with E-state index < -0.39 is 5.97 Å². The molecule has 0 aliphatic heterocycles. The number of hydrogen-bond acceptors (Lipinski definition) is 3. The average molecular weight is 290 g/mol. The van der Waals surface area contributed by atoms with Crippen LogP contribution in [0.15, 0.2) is 18.2 Å². The zero-order valence-corrected chi connectivity index (χ0v) is 11.3. The number of Topliss-reactive ketones (excluding diaryl/α,β-unsaturated/α-hetero) is 1. The number of carbonyl (C=O) groups excluding carboxylic acids is 1. The van der Waals surface area contributed by atoms with E-state index in [0.717, 1.165) is 0 Å². The van der Waals surface area contributed by atoms with Crippen molar-refractivity contribution in [3.63, 3.8) is 0 Å². The summed E-state index contributed by atoms with van der Waals surface area (Å²) in [6.45, 7) is 0.431. The highest BCUT2D eigenvalue weighted by molar-refractivity contribution is 6.36. The number of aliphatic carboxylic acids is 1. The van der Waals surface area contributed by atoms with Gasteiger partial charge in [-0.15, -0.1) is 0 Å². The molecular weight excluding hydrogens is 277 g/mol. The lowest BCUT2D eigenvalue weighted by atomic mass is 10.1. The van der Waals surface area contributed by atoms with Crippen LogP contribution in [0, 0.1) is 0 Å². The lowest BCUT2D eigenvalue weighted by Crippen LogP contribution is -2.28. The third-order valence-corrected chi connectivity index (χ3v) is 2.90. The Labute approximate surface area is 115 Å². The van der Waals surface area contributed by atoms with Crippen LogP contribution in [0.2, 0.25) is 10.0 Å². The predicted octanol–water partition coefficient (Wildman–Crippen LogP) is 2.58. The number of nitrogens with zero attached hydrogens (tertiary/aromatic N) is 1. The monoisotopic (exact) mass is 289 g/mol. The van der Waals surface area contributed by atoms with Crippen molar-refractivity contribution in [2.75, 3.05) is 20.1 Å². The van der Waals surface area contributed by atoms with Crippen molar-refractivity contribution >= 4 is 35.0 Å². The summed E-state index contributed by atoms with van der Waals surface area (Å²) >= 11 is 11.7. The van der Waals surface area contributed by atoms with Crippen molar-refractivity contribution in [3.05, 3.63) is 33.8 Å². The molecule has 0 heterocycles. The van der Waals surface area contributed by atoms with Crippen LogP contribution < -0.4 is 0 Å². The quantitative estimate of drug-likeness (QED) is 0.818.